The number of carbonyl (C=O) groups is 3. The summed E-state index contributed by atoms with van der Waals surface area (Å²) in [5, 5.41) is 2.64. The van der Waals surface area contributed by atoms with Gasteiger partial charge in [-0.05, 0) is 50.1 Å². The number of rotatable bonds is 8. The van der Waals surface area contributed by atoms with Crippen molar-refractivity contribution < 1.29 is 19.1 Å². The summed E-state index contributed by atoms with van der Waals surface area (Å²) in [5.41, 5.74) is 6.19. The van der Waals surface area contributed by atoms with E-state index >= 15 is 0 Å². The Morgan fingerprint density at radius 1 is 0.885 bits per heavy atom. The molecule has 3 N–H and O–H groups in total. The number of hydrogen-bond donors (Lipinski definition) is 2. The van der Waals surface area contributed by atoms with Gasteiger partial charge >= 0.3 is 11.9 Å². The molecule has 0 aliphatic carbocycles. The fraction of sp³-hybridized carbons (Fsp3) is 0.250. The number of carbonyl (C=O) groups excluding carboxylic acids is 3. The topological polar surface area (TPSA) is 98.5 Å². The van der Waals surface area contributed by atoms with Crippen molar-refractivity contribution >= 4 is 17.8 Å². The number of unbranched alkanes of at least 4 members (excludes halogenated alkanes) is 1. The third-order valence-corrected chi connectivity index (χ3v) is 3.78. The normalized spacial score (nSPS) is 11.4. The smallest absolute Gasteiger partial charge is 0.345 e. The molecule has 0 radical (unpaired) electrons. The molecular weight excluding hydrogens is 332 g/mol. The molecule has 0 bridgehead atoms. The van der Waals surface area contributed by atoms with E-state index in [1.165, 1.54) is 0 Å². The van der Waals surface area contributed by atoms with Gasteiger partial charge < -0.3 is 15.8 Å². The van der Waals surface area contributed by atoms with Crippen LogP contribution in [0.15, 0.2) is 60.7 Å². The van der Waals surface area contributed by atoms with E-state index in [-0.39, 0.29) is 5.56 Å². The van der Waals surface area contributed by atoms with E-state index in [1.807, 2.05) is 0 Å². The molecule has 2 aromatic rings. The van der Waals surface area contributed by atoms with Gasteiger partial charge in [0.15, 0.2) is 0 Å². The SMILES string of the molecule is NCCCC[C@@H](NC(=O)c1ccccc1)C(=O)OC(=O)c1ccccc1. The summed E-state index contributed by atoms with van der Waals surface area (Å²) in [7, 11) is 0. The Labute approximate surface area is 152 Å². The Hall–Kier alpha value is -2.99. The summed E-state index contributed by atoms with van der Waals surface area (Å²) >= 11 is 0. The second-order valence-corrected chi connectivity index (χ2v) is 5.75. The standard InChI is InChI=1S/C20H22N2O4/c21-14-8-7-13-17(22-18(23)15-9-3-1-4-10-15)20(25)26-19(24)16-11-5-2-6-12-16/h1-6,9-12,17H,7-8,13-14,21H2,(H,22,23)/t17-/m1/s1. The lowest BCUT2D eigenvalue weighted by molar-refractivity contribution is -0.140. The number of esters is 2. The number of nitrogens with two attached hydrogens (primary N) is 1. The molecule has 0 fully saturated rings. The first-order chi connectivity index (χ1) is 12.6. The molecule has 136 valence electrons. The summed E-state index contributed by atoms with van der Waals surface area (Å²) < 4.78 is 4.94. The summed E-state index contributed by atoms with van der Waals surface area (Å²) in [5.74, 6) is -1.92. The van der Waals surface area contributed by atoms with E-state index < -0.39 is 23.9 Å². The molecule has 0 saturated heterocycles. The van der Waals surface area contributed by atoms with Crippen LogP contribution in [0.1, 0.15) is 40.0 Å². The van der Waals surface area contributed by atoms with Gasteiger partial charge in [0.25, 0.3) is 5.91 Å². The molecule has 2 rings (SSSR count). The van der Waals surface area contributed by atoms with Crippen molar-refractivity contribution in [2.75, 3.05) is 6.54 Å². The molecule has 6 nitrogen and oxygen atoms in total. The van der Waals surface area contributed by atoms with Gasteiger partial charge in [0, 0.05) is 5.56 Å². The number of benzene rings is 2. The summed E-state index contributed by atoms with van der Waals surface area (Å²) in [6.07, 6.45) is 1.68. The van der Waals surface area contributed by atoms with Crippen LogP contribution in [0.4, 0.5) is 0 Å². The molecule has 0 unspecified atom stereocenters. The lowest BCUT2D eigenvalue weighted by Gasteiger charge is -2.17. The monoisotopic (exact) mass is 354 g/mol. The molecule has 0 saturated carbocycles. The maximum atomic E-state index is 12.4. The van der Waals surface area contributed by atoms with Gasteiger partial charge in [-0.1, -0.05) is 36.4 Å². The second-order valence-electron chi connectivity index (χ2n) is 5.75. The van der Waals surface area contributed by atoms with Gasteiger partial charge in [-0.25, -0.2) is 9.59 Å². The minimum Gasteiger partial charge on any atom is -0.388 e. The van der Waals surface area contributed by atoms with Crippen LogP contribution in [0.2, 0.25) is 0 Å². The Morgan fingerprint density at radius 2 is 1.46 bits per heavy atom. The van der Waals surface area contributed by atoms with E-state index in [0.29, 0.717) is 31.4 Å². The van der Waals surface area contributed by atoms with Gasteiger partial charge in [-0.15, -0.1) is 0 Å². The van der Waals surface area contributed by atoms with Crippen molar-refractivity contribution in [1.29, 1.82) is 0 Å². The molecule has 0 aromatic heterocycles. The van der Waals surface area contributed by atoms with Gasteiger partial charge in [-0.3, -0.25) is 4.79 Å². The number of hydrogen-bond acceptors (Lipinski definition) is 5. The highest BCUT2D eigenvalue weighted by Crippen LogP contribution is 2.08. The summed E-state index contributed by atoms with van der Waals surface area (Å²) in [6, 6.07) is 15.9. The molecule has 1 atom stereocenters. The van der Waals surface area contributed by atoms with Crippen LogP contribution in [0.25, 0.3) is 0 Å². The van der Waals surface area contributed by atoms with Crippen molar-refractivity contribution in [1.82, 2.24) is 5.32 Å². The molecule has 0 aliphatic heterocycles. The highest BCUT2D eigenvalue weighted by molar-refractivity contribution is 6.01. The van der Waals surface area contributed by atoms with E-state index in [9.17, 15) is 14.4 Å². The van der Waals surface area contributed by atoms with Gasteiger partial charge in [0.05, 0.1) is 5.56 Å². The fourth-order valence-electron chi connectivity index (χ4n) is 2.37. The molecule has 0 heterocycles. The maximum absolute atomic E-state index is 12.4. The molecule has 6 heteroatoms. The minimum atomic E-state index is -0.915. The van der Waals surface area contributed by atoms with Crippen molar-refractivity contribution in [3.8, 4) is 0 Å². The zero-order valence-corrected chi connectivity index (χ0v) is 14.4. The van der Waals surface area contributed by atoms with E-state index in [4.69, 9.17) is 10.5 Å². The van der Waals surface area contributed by atoms with Crippen molar-refractivity contribution in [3.05, 3.63) is 71.8 Å². The predicted molar refractivity (Wildman–Crippen MR) is 97.5 cm³/mol. The maximum Gasteiger partial charge on any atom is 0.345 e. The van der Waals surface area contributed by atoms with Crippen molar-refractivity contribution in [2.24, 2.45) is 5.73 Å². The zero-order valence-electron chi connectivity index (χ0n) is 14.4. The average molecular weight is 354 g/mol. The van der Waals surface area contributed by atoms with Crippen LogP contribution in [-0.4, -0.2) is 30.4 Å². The second kappa shape index (κ2) is 10.1. The first-order valence-electron chi connectivity index (χ1n) is 8.49. The largest absolute Gasteiger partial charge is 0.388 e. The van der Waals surface area contributed by atoms with Gasteiger partial charge in [0.2, 0.25) is 0 Å². The molecule has 2 aromatic carbocycles. The lowest BCUT2D eigenvalue weighted by atomic mass is 10.1. The Morgan fingerprint density at radius 3 is 2.04 bits per heavy atom. The molecule has 0 aliphatic rings. The third-order valence-electron chi connectivity index (χ3n) is 3.78. The molecular formula is C20H22N2O4. The Kier molecular flexibility index (Phi) is 7.51. The quantitative estimate of drug-likeness (QED) is 0.430. The van der Waals surface area contributed by atoms with Gasteiger partial charge in [0.1, 0.15) is 6.04 Å². The summed E-state index contributed by atoms with van der Waals surface area (Å²) in [6.45, 7) is 0.483. The van der Waals surface area contributed by atoms with Crippen LogP contribution < -0.4 is 11.1 Å². The van der Waals surface area contributed by atoms with Crippen LogP contribution in [0.3, 0.4) is 0 Å². The third kappa shape index (κ3) is 5.82. The van der Waals surface area contributed by atoms with Crippen LogP contribution in [0.5, 0.6) is 0 Å². The number of ether oxygens (including phenoxy) is 1. The first-order valence-corrected chi connectivity index (χ1v) is 8.49. The number of amides is 1. The first kappa shape index (κ1) is 19.3. The molecule has 1 amide bonds. The van der Waals surface area contributed by atoms with E-state index in [0.717, 1.165) is 0 Å². The summed E-state index contributed by atoms with van der Waals surface area (Å²) in [4.78, 5) is 36.8. The average Bonchev–Trinajstić information content (AvgIpc) is 2.68. The van der Waals surface area contributed by atoms with E-state index in [2.05, 4.69) is 5.32 Å². The van der Waals surface area contributed by atoms with Crippen LogP contribution in [0, 0.1) is 0 Å². The lowest BCUT2D eigenvalue weighted by Crippen LogP contribution is -2.42. The molecule has 26 heavy (non-hydrogen) atoms. The van der Waals surface area contributed by atoms with Crippen molar-refractivity contribution in [3.63, 3.8) is 0 Å². The number of nitrogens with one attached hydrogen (secondary N) is 1. The van der Waals surface area contributed by atoms with Crippen LogP contribution >= 0.6 is 0 Å². The minimum absolute atomic E-state index is 0.274. The Bertz CT molecular complexity index is 732. The highest BCUT2D eigenvalue weighted by Gasteiger charge is 2.25. The predicted octanol–water partition coefficient (Wildman–Crippen LogP) is 2.30. The van der Waals surface area contributed by atoms with Gasteiger partial charge in [-0.2, -0.15) is 0 Å². The zero-order chi connectivity index (χ0) is 18.8. The highest BCUT2D eigenvalue weighted by atomic mass is 16.6. The Balaban J connectivity index is 2.04. The molecule has 0 spiro atoms. The van der Waals surface area contributed by atoms with E-state index in [1.54, 1.807) is 60.7 Å². The van der Waals surface area contributed by atoms with Crippen molar-refractivity contribution in [2.45, 2.75) is 25.3 Å². The fourth-order valence-corrected chi connectivity index (χ4v) is 2.37. The van der Waals surface area contributed by atoms with Crippen LogP contribution in [-0.2, 0) is 9.53 Å².